The Labute approximate surface area is 95.4 Å². The summed E-state index contributed by atoms with van der Waals surface area (Å²) in [5.74, 6) is 0.339. The molecule has 1 unspecified atom stereocenters. The predicted molar refractivity (Wildman–Crippen MR) is 60.6 cm³/mol. The fourth-order valence-electron chi connectivity index (χ4n) is 1.36. The van der Waals surface area contributed by atoms with Gasteiger partial charge in [0.25, 0.3) is 0 Å². The number of likely N-dealkylation sites (N-methyl/N-ethyl adjacent to an activating group) is 1. The Morgan fingerprint density at radius 2 is 2.40 bits per heavy atom. The minimum atomic E-state index is -0.714. The third-order valence-electron chi connectivity index (χ3n) is 2.07. The van der Waals surface area contributed by atoms with Crippen molar-refractivity contribution >= 4 is 27.0 Å². The number of hydrogen-bond acceptors (Lipinski definition) is 4. The molecule has 0 aliphatic carbocycles. The fourth-order valence-corrected chi connectivity index (χ4v) is 1.79. The van der Waals surface area contributed by atoms with Crippen molar-refractivity contribution in [1.29, 1.82) is 0 Å². The summed E-state index contributed by atoms with van der Waals surface area (Å²) in [6, 6.07) is 5.60. The SMILES string of the molecule is CNCC(O)c1nc2cccc(Br)c2o1. The van der Waals surface area contributed by atoms with Crippen LogP contribution >= 0.6 is 15.9 Å². The maximum atomic E-state index is 9.68. The first-order chi connectivity index (χ1) is 7.22. The van der Waals surface area contributed by atoms with Crippen LogP contribution in [0, 0.1) is 0 Å². The largest absolute Gasteiger partial charge is 0.437 e. The monoisotopic (exact) mass is 270 g/mol. The summed E-state index contributed by atoms with van der Waals surface area (Å²) in [4.78, 5) is 4.21. The van der Waals surface area contributed by atoms with Gasteiger partial charge in [-0.3, -0.25) is 0 Å². The summed E-state index contributed by atoms with van der Waals surface area (Å²) in [6.45, 7) is 0.421. The van der Waals surface area contributed by atoms with Gasteiger partial charge in [-0.05, 0) is 35.1 Å². The molecule has 1 atom stereocenters. The van der Waals surface area contributed by atoms with Crippen LogP contribution in [0.25, 0.3) is 11.1 Å². The second-order valence-corrected chi connectivity index (χ2v) is 4.07. The first-order valence-corrected chi connectivity index (χ1v) is 5.39. The Hall–Kier alpha value is -0.910. The lowest BCUT2D eigenvalue weighted by atomic mass is 10.3. The van der Waals surface area contributed by atoms with Crippen molar-refractivity contribution in [2.45, 2.75) is 6.10 Å². The first kappa shape index (κ1) is 10.6. The van der Waals surface area contributed by atoms with Crippen LogP contribution in [-0.4, -0.2) is 23.7 Å². The van der Waals surface area contributed by atoms with Gasteiger partial charge >= 0.3 is 0 Å². The fraction of sp³-hybridized carbons (Fsp3) is 0.300. The molecule has 1 aromatic heterocycles. The number of rotatable bonds is 3. The minimum Gasteiger partial charge on any atom is -0.437 e. The van der Waals surface area contributed by atoms with Gasteiger partial charge in [-0.1, -0.05) is 6.07 Å². The van der Waals surface area contributed by atoms with E-state index in [0.29, 0.717) is 18.0 Å². The highest BCUT2D eigenvalue weighted by Gasteiger charge is 2.15. The van der Waals surface area contributed by atoms with Crippen molar-refractivity contribution in [3.8, 4) is 0 Å². The van der Waals surface area contributed by atoms with E-state index in [-0.39, 0.29) is 0 Å². The molecule has 0 amide bonds. The molecule has 0 fully saturated rings. The van der Waals surface area contributed by atoms with E-state index in [9.17, 15) is 5.11 Å². The van der Waals surface area contributed by atoms with Gasteiger partial charge in [0.05, 0.1) is 4.47 Å². The van der Waals surface area contributed by atoms with E-state index in [1.807, 2.05) is 18.2 Å². The molecular weight excluding hydrogens is 260 g/mol. The maximum Gasteiger partial charge on any atom is 0.225 e. The topological polar surface area (TPSA) is 58.3 Å². The molecule has 0 saturated heterocycles. The molecule has 2 rings (SSSR count). The van der Waals surface area contributed by atoms with E-state index in [0.717, 1.165) is 9.99 Å². The Bertz CT molecular complexity index is 469. The van der Waals surface area contributed by atoms with Gasteiger partial charge in [-0.15, -0.1) is 0 Å². The van der Waals surface area contributed by atoms with Crippen molar-refractivity contribution in [1.82, 2.24) is 10.3 Å². The van der Waals surface area contributed by atoms with E-state index in [2.05, 4.69) is 26.2 Å². The summed E-state index contributed by atoms with van der Waals surface area (Å²) in [7, 11) is 1.77. The second-order valence-electron chi connectivity index (χ2n) is 3.21. The number of fused-ring (bicyclic) bond motifs is 1. The molecule has 0 saturated carbocycles. The van der Waals surface area contributed by atoms with Crippen LogP contribution in [0.4, 0.5) is 0 Å². The minimum absolute atomic E-state index is 0.339. The van der Waals surface area contributed by atoms with Crippen molar-refractivity contribution < 1.29 is 9.52 Å². The van der Waals surface area contributed by atoms with Gasteiger partial charge in [-0.2, -0.15) is 0 Å². The predicted octanol–water partition coefficient (Wildman–Crippen LogP) is 1.84. The summed E-state index contributed by atoms with van der Waals surface area (Å²) >= 11 is 3.37. The highest BCUT2D eigenvalue weighted by atomic mass is 79.9. The van der Waals surface area contributed by atoms with Crippen molar-refractivity contribution in [2.75, 3.05) is 13.6 Å². The third-order valence-corrected chi connectivity index (χ3v) is 2.69. The Kier molecular flexibility index (Phi) is 3.04. The highest BCUT2D eigenvalue weighted by molar-refractivity contribution is 9.10. The highest BCUT2D eigenvalue weighted by Crippen LogP contribution is 2.26. The molecule has 0 spiro atoms. The van der Waals surface area contributed by atoms with Gasteiger partial charge in [0.2, 0.25) is 5.89 Å². The molecule has 2 N–H and O–H groups in total. The lowest BCUT2D eigenvalue weighted by Gasteiger charge is -2.03. The van der Waals surface area contributed by atoms with E-state index < -0.39 is 6.10 Å². The number of halogens is 1. The van der Waals surface area contributed by atoms with Crippen LogP contribution in [0.1, 0.15) is 12.0 Å². The molecule has 0 aliphatic heterocycles. The number of hydrogen-bond donors (Lipinski definition) is 2. The van der Waals surface area contributed by atoms with E-state index in [1.54, 1.807) is 7.05 Å². The average Bonchev–Trinajstić information content (AvgIpc) is 2.63. The van der Waals surface area contributed by atoms with Gasteiger partial charge in [0.1, 0.15) is 11.6 Å². The smallest absolute Gasteiger partial charge is 0.225 e. The van der Waals surface area contributed by atoms with Gasteiger partial charge in [0.15, 0.2) is 5.58 Å². The molecule has 0 radical (unpaired) electrons. The third kappa shape index (κ3) is 2.04. The van der Waals surface area contributed by atoms with E-state index in [1.165, 1.54) is 0 Å². The number of nitrogens with zero attached hydrogens (tertiary/aromatic N) is 1. The van der Waals surface area contributed by atoms with Crippen LogP contribution in [0.3, 0.4) is 0 Å². The lowest BCUT2D eigenvalue weighted by Crippen LogP contribution is -2.16. The van der Waals surface area contributed by atoms with E-state index in [4.69, 9.17) is 4.42 Å². The zero-order chi connectivity index (χ0) is 10.8. The molecule has 1 heterocycles. The second kappa shape index (κ2) is 4.30. The molecular formula is C10H11BrN2O2. The summed E-state index contributed by atoms with van der Waals surface area (Å²) in [6.07, 6.45) is -0.714. The molecule has 80 valence electrons. The molecule has 4 nitrogen and oxygen atoms in total. The number of oxazole rings is 1. The van der Waals surface area contributed by atoms with Gasteiger partial charge in [-0.25, -0.2) is 4.98 Å². The summed E-state index contributed by atoms with van der Waals surface area (Å²) < 4.78 is 6.31. The molecule has 2 aromatic rings. The zero-order valence-electron chi connectivity index (χ0n) is 8.20. The lowest BCUT2D eigenvalue weighted by molar-refractivity contribution is 0.146. The van der Waals surface area contributed by atoms with Crippen LogP contribution in [0.5, 0.6) is 0 Å². The van der Waals surface area contributed by atoms with Crippen LogP contribution in [0.15, 0.2) is 27.1 Å². The van der Waals surface area contributed by atoms with Gasteiger partial charge in [0, 0.05) is 6.54 Å². The molecule has 1 aromatic carbocycles. The van der Waals surface area contributed by atoms with Crippen molar-refractivity contribution in [2.24, 2.45) is 0 Å². The van der Waals surface area contributed by atoms with E-state index >= 15 is 0 Å². The number of aliphatic hydroxyl groups excluding tert-OH is 1. The quantitative estimate of drug-likeness (QED) is 0.894. The summed E-state index contributed by atoms with van der Waals surface area (Å²) in [5, 5.41) is 12.5. The number of nitrogens with one attached hydrogen (secondary N) is 1. The number of aliphatic hydroxyl groups is 1. The van der Waals surface area contributed by atoms with Gasteiger partial charge < -0.3 is 14.8 Å². The molecule has 15 heavy (non-hydrogen) atoms. The summed E-state index contributed by atoms with van der Waals surface area (Å²) in [5.41, 5.74) is 1.41. The number of aromatic nitrogens is 1. The van der Waals surface area contributed by atoms with Crippen molar-refractivity contribution in [3.05, 3.63) is 28.6 Å². The Morgan fingerprint density at radius 1 is 1.60 bits per heavy atom. The van der Waals surface area contributed by atoms with Crippen LogP contribution in [-0.2, 0) is 0 Å². The first-order valence-electron chi connectivity index (χ1n) is 4.60. The maximum absolute atomic E-state index is 9.68. The number of benzene rings is 1. The molecule has 0 bridgehead atoms. The number of para-hydroxylation sites is 1. The van der Waals surface area contributed by atoms with Crippen LogP contribution in [0.2, 0.25) is 0 Å². The van der Waals surface area contributed by atoms with Crippen molar-refractivity contribution in [3.63, 3.8) is 0 Å². The Balaban J connectivity index is 2.43. The molecule has 5 heteroatoms. The normalized spacial score (nSPS) is 13.3. The molecule has 0 aliphatic rings. The standard InChI is InChI=1S/C10H11BrN2O2/c1-12-5-8(14)10-13-7-4-2-3-6(11)9(7)15-10/h2-4,8,12,14H,5H2,1H3. The zero-order valence-corrected chi connectivity index (χ0v) is 9.78. The van der Waals surface area contributed by atoms with Crippen LogP contribution < -0.4 is 5.32 Å². The Morgan fingerprint density at radius 3 is 3.07 bits per heavy atom. The average molecular weight is 271 g/mol.